The van der Waals surface area contributed by atoms with Gasteiger partial charge in [0.2, 0.25) is 0 Å². The fraction of sp³-hybridized carbons (Fsp3) is 0.857. The SMILES string of the molecule is CCCC/C=C/CCCCCCCC. The van der Waals surface area contributed by atoms with E-state index < -0.39 is 0 Å². The van der Waals surface area contributed by atoms with Crippen LogP contribution in [0.5, 0.6) is 0 Å². The average molecular weight is 196 g/mol. The molecule has 84 valence electrons. The van der Waals surface area contributed by atoms with Crippen LogP contribution in [-0.2, 0) is 0 Å². The molecule has 0 heterocycles. The standard InChI is InChI=1S/C14H28/c1-3-5-7-9-11-13-14-12-10-8-6-4-2/h9,11H,3-8,10,12-14H2,1-2H3/b11-9+. The molecule has 0 radical (unpaired) electrons. The molecule has 0 spiro atoms. The fourth-order valence-corrected chi connectivity index (χ4v) is 1.60. The van der Waals surface area contributed by atoms with Gasteiger partial charge in [-0.2, -0.15) is 0 Å². The molecule has 0 saturated carbocycles. The van der Waals surface area contributed by atoms with Gasteiger partial charge in [-0.05, 0) is 19.3 Å². The van der Waals surface area contributed by atoms with E-state index in [2.05, 4.69) is 26.0 Å². The highest BCUT2D eigenvalue weighted by molar-refractivity contribution is 4.80. The van der Waals surface area contributed by atoms with Crippen molar-refractivity contribution < 1.29 is 0 Å². The second-order valence-corrected chi connectivity index (χ2v) is 4.17. The summed E-state index contributed by atoms with van der Waals surface area (Å²) in [5.41, 5.74) is 0. The van der Waals surface area contributed by atoms with Gasteiger partial charge in [-0.1, -0.05) is 70.9 Å². The van der Waals surface area contributed by atoms with E-state index in [1.54, 1.807) is 0 Å². The van der Waals surface area contributed by atoms with Crippen molar-refractivity contribution in [3.05, 3.63) is 12.2 Å². The molecule has 0 aliphatic rings. The average Bonchev–Trinajstić information content (AvgIpc) is 2.21. The molecule has 0 amide bonds. The van der Waals surface area contributed by atoms with Gasteiger partial charge in [-0.15, -0.1) is 0 Å². The minimum absolute atomic E-state index is 1.28. The van der Waals surface area contributed by atoms with E-state index >= 15 is 0 Å². The first-order chi connectivity index (χ1) is 6.91. The van der Waals surface area contributed by atoms with Gasteiger partial charge in [0.15, 0.2) is 0 Å². The topological polar surface area (TPSA) is 0 Å². The third-order valence-electron chi connectivity index (χ3n) is 2.62. The Morgan fingerprint density at radius 3 is 1.71 bits per heavy atom. The van der Waals surface area contributed by atoms with Gasteiger partial charge in [0.1, 0.15) is 0 Å². The van der Waals surface area contributed by atoms with Crippen molar-refractivity contribution >= 4 is 0 Å². The molecule has 0 N–H and O–H groups in total. The van der Waals surface area contributed by atoms with Crippen LogP contribution in [0.2, 0.25) is 0 Å². The molecule has 0 bridgehead atoms. The molecule has 0 aliphatic carbocycles. The van der Waals surface area contributed by atoms with Gasteiger partial charge < -0.3 is 0 Å². The lowest BCUT2D eigenvalue weighted by molar-refractivity contribution is 0.611. The van der Waals surface area contributed by atoms with Crippen molar-refractivity contribution in [2.75, 3.05) is 0 Å². The van der Waals surface area contributed by atoms with Gasteiger partial charge in [-0.25, -0.2) is 0 Å². The molecule has 0 rings (SSSR count). The normalized spacial score (nSPS) is 11.3. The molecule has 0 aromatic heterocycles. The zero-order valence-electron chi connectivity index (χ0n) is 10.2. The first-order valence-corrected chi connectivity index (χ1v) is 6.56. The van der Waals surface area contributed by atoms with Crippen LogP contribution in [0.4, 0.5) is 0 Å². The van der Waals surface area contributed by atoms with E-state index in [4.69, 9.17) is 0 Å². The van der Waals surface area contributed by atoms with E-state index in [-0.39, 0.29) is 0 Å². The lowest BCUT2D eigenvalue weighted by atomic mass is 10.1. The van der Waals surface area contributed by atoms with E-state index in [1.165, 1.54) is 64.2 Å². The molecule has 0 aromatic carbocycles. The zero-order valence-corrected chi connectivity index (χ0v) is 10.2. The molecule has 0 nitrogen and oxygen atoms in total. The Labute approximate surface area is 90.8 Å². The Kier molecular flexibility index (Phi) is 12.5. The molecular weight excluding hydrogens is 168 g/mol. The maximum Gasteiger partial charge on any atom is -0.0351 e. The summed E-state index contributed by atoms with van der Waals surface area (Å²) in [7, 11) is 0. The van der Waals surface area contributed by atoms with Crippen molar-refractivity contribution in [1.29, 1.82) is 0 Å². The van der Waals surface area contributed by atoms with Gasteiger partial charge in [0, 0.05) is 0 Å². The molecular formula is C14H28. The quantitative estimate of drug-likeness (QED) is 0.320. The summed E-state index contributed by atoms with van der Waals surface area (Å²) in [5, 5.41) is 0. The summed E-state index contributed by atoms with van der Waals surface area (Å²) < 4.78 is 0. The summed E-state index contributed by atoms with van der Waals surface area (Å²) in [6.45, 7) is 4.53. The maximum absolute atomic E-state index is 2.37. The highest BCUT2D eigenvalue weighted by atomic mass is 13.9. The van der Waals surface area contributed by atoms with Crippen molar-refractivity contribution in [1.82, 2.24) is 0 Å². The Balaban J connectivity index is 2.94. The summed E-state index contributed by atoms with van der Waals surface area (Å²) in [6.07, 6.45) is 18.5. The van der Waals surface area contributed by atoms with Gasteiger partial charge in [-0.3, -0.25) is 0 Å². The zero-order chi connectivity index (χ0) is 10.5. The van der Waals surface area contributed by atoms with Crippen LogP contribution in [0.3, 0.4) is 0 Å². The van der Waals surface area contributed by atoms with E-state index in [9.17, 15) is 0 Å². The van der Waals surface area contributed by atoms with Gasteiger partial charge >= 0.3 is 0 Å². The number of unbranched alkanes of at least 4 members (excludes halogenated alkanes) is 8. The highest BCUT2D eigenvalue weighted by Gasteiger charge is 1.87. The third-order valence-corrected chi connectivity index (χ3v) is 2.62. The maximum atomic E-state index is 2.37. The first-order valence-electron chi connectivity index (χ1n) is 6.56. The lowest BCUT2D eigenvalue weighted by Crippen LogP contribution is -1.77. The van der Waals surface area contributed by atoms with Crippen LogP contribution in [0.1, 0.15) is 78.1 Å². The van der Waals surface area contributed by atoms with Crippen LogP contribution in [0, 0.1) is 0 Å². The molecule has 0 saturated heterocycles. The highest BCUT2D eigenvalue weighted by Crippen LogP contribution is 2.07. The fourth-order valence-electron chi connectivity index (χ4n) is 1.60. The molecule has 0 heteroatoms. The minimum Gasteiger partial charge on any atom is -0.0885 e. The minimum atomic E-state index is 1.28. The van der Waals surface area contributed by atoms with Crippen LogP contribution >= 0.6 is 0 Å². The lowest BCUT2D eigenvalue weighted by Gasteiger charge is -1.97. The third kappa shape index (κ3) is 11.7. The van der Waals surface area contributed by atoms with Crippen molar-refractivity contribution in [2.24, 2.45) is 0 Å². The van der Waals surface area contributed by atoms with Crippen LogP contribution in [0.25, 0.3) is 0 Å². The number of hydrogen-bond acceptors (Lipinski definition) is 0. The largest absolute Gasteiger partial charge is 0.0885 e. The van der Waals surface area contributed by atoms with Crippen LogP contribution in [-0.4, -0.2) is 0 Å². The molecule has 0 atom stereocenters. The predicted octanol–water partition coefficient (Wildman–Crippen LogP) is 5.48. The van der Waals surface area contributed by atoms with Crippen molar-refractivity contribution in [2.45, 2.75) is 78.1 Å². The van der Waals surface area contributed by atoms with E-state index in [0.29, 0.717) is 0 Å². The molecule has 0 unspecified atom stereocenters. The van der Waals surface area contributed by atoms with E-state index in [1.807, 2.05) is 0 Å². The Morgan fingerprint density at radius 2 is 1.07 bits per heavy atom. The van der Waals surface area contributed by atoms with Gasteiger partial charge in [0.05, 0.1) is 0 Å². The predicted molar refractivity (Wildman–Crippen MR) is 66.7 cm³/mol. The number of rotatable bonds is 10. The molecule has 0 fully saturated rings. The second kappa shape index (κ2) is 12.7. The van der Waals surface area contributed by atoms with Crippen molar-refractivity contribution in [3.63, 3.8) is 0 Å². The number of allylic oxidation sites excluding steroid dienone is 2. The Bertz CT molecular complexity index is 113. The van der Waals surface area contributed by atoms with Crippen LogP contribution < -0.4 is 0 Å². The van der Waals surface area contributed by atoms with Crippen LogP contribution in [0.15, 0.2) is 12.2 Å². The number of hydrogen-bond donors (Lipinski definition) is 0. The Morgan fingerprint density at radius 1 is 0.571 bits per heavy atom. The summed E-state index contributed by atoms with van der Waals surface area (Å²) in [5.74, 6) is 0. The van der Waals surface area contributed by atoms with E-state index in [0.717, 1.165) is 0 Å². The monoisotopic (exact) mass is 196 g/mol. The molecule has 0 aliphatic heterocycles. The van der Waals surface area contributed by atoms with Gasteiger partial charge in [0.25, 0.3) is 0 Å². The summed E-state index contributed by atoms with van der Waals surface area (Å²) >= 11 is 0. The Hall–Kier alpha value is -0.260. The van der Waals surface area contributed by atoms with Crippen molar-refractivity contribution in [3.8, 4) is 0 Å². The second-order valence-electron chi connectivity index (χ2n) is 4.17. The molecule has 0 aromatic rings. The first kappa shape index (κ1) is 13.7. The smallest absolute Gasteiger partial charge is 0.0351 e. The summed E-state index contributed by atoms with van der Waals surface area (Å²) in [4.78, 5) is 0. The summed E-state index contributed by atoms with van der Waals surface area (Å²) in [6, 6.07) is 0. The molecule has 14 heavy (non-hydrogen) atoms.